The fourth-order valence-corrected chi connectivity index (χ4v) is 5.98. The van der Waals surface area contributed by atoms with Gasteiger partial charge in [0, 0.05) is 25.0 Å². The quantitative estimate of drug-likeness (QED) is 0.251. The summed E-state index contributed by atoms with van der Waals surface area (Å²) in [5.74, 6) is 0.808. The largest absolute Gasteiger partial charge is 0.474 e. The number of ether oxygens (including phenoxy) is 2. The zero-order valence-electron chi connectivity index (χ0n) is 24.9. The predicted octanol–water partition coefficient (Wildman–Crippen LogP) is 7.09. The third-order valence-corrected chi connectivity index (χ3v) is 8.36. The van der Waals surface area contributed by atoms with E-state index in [-0.39, 0.29) is 17.8 Å². The number of H-pyrrole nitrogens is 1. The lowest BCUT2D eigenvalue weighted by molar-refractivity contribution is -0.139. The summed E-state index contributed by atoms with van der Waals surface area (Å²) in [6, 6.07) is 9.60. The van der Waals surface area contributed by atoms with E-state index in [1.54, 1.807) is 17.2 Å². The first kappa shape index (κ1) is 29.7. The molecule has 1 fully saturated rings. The van der Waals surface area contributed by atoms with E-state index in [9.17, 15) is 18.0 Å². The Balaban J connectivity index is 1.17. The predicted molar refractivity (Wildman–Crippen MR) is 160 cm³/mol. The van der Waals surface area contributed by atoms with E-state index in [4.69, 9.17) is 9.47 Å². The normalized spacial score (nSPS) is 19.4. The third kappa shape index (κ3) is 6.30. The highest BCUT2D eigenvalue weighted by molar-refractivity contribution is 5.90. The van der Waals surface area contributed by atoms with Crippen LogP contribution in [-0.2, 0) is 12.6 Å². The van der Waals surface area contributed by atoms with Gasteiger partial charge in [-0.25, -0.2) is 14.8 Å². The van der Waals surface area contributed by atoms with Gasteiger partial charge in [0.15, 0.2) is 0 Å². The molecule has 5 heterocycles. The molecule has 1 unspecified atom stereocenters. The van der Waals surface area contributed by atoms with Crippen molar-refractivity contribution in [2.75, 3.05) is 32.0 Å². The maximum Gasteiger partial charge on any atom is 0.421 e. The minimum atomic E-state index is -4.70. The first-order chi connectivity index (χ1) is 21.0. The molecule has 0 bridgehead atoms. The van der Waals surface area contributed by atoms with Gasteiger partial charge >= 0.3 is 12.2 Å². The number of rotatable bonds is 5. The number of carbonyl (C=O) groups is 1. The summed E-state index contributed by atoms with van der Waals surface area (Å²) < 4.78 is 54.2. The number of aryl methyl sites for hydroxylation is 1. The lowest BCUT2D eigenvalue weighted by Gasteiger charge is -2.35. The van der Waals surface area contributed by atoms with Crippen LogP contribution in [0.15, 0.2) is 48.8 Å². The van der Waals surface area contributed by atoms with Crippen molar-refractivity contribution in [2.45, 2.75) is 57.9 Å². The molecule has 2 aliphatic rings. The molecule has 0 radical (unpaired) electrons. The molecule has 2 aliphatic heterocycles. The number of aromatic amines is 1. The molecule has 0 spiro atoms. The first-order valence-electron chi connectivity index (χ1n) is 14.8. The number of pyridine rings is 2. The molecule has 2 N–H and O–H groups in total. The Morgan fingerprint density at radius 2 is 1.93 bits per heavy atom. The number of alkyl halides is 3. The van der Waals surface area contributed by atoms with Crippen molar-refractivity contribution in [3.63, 3.8) is 0 Å². The van der Waals surface area contributed by atoms with Crippen LogP contribution in [0.4, 0.5) is 23.7 Å². The van der Waals surface area contributed by atoms with E-state index in [1.165, 1.54) is 6.20 Å². The van der Waals surface area contributed by atoms with Gasteiger partial charge in [0.2, 0.25) is 5.88 Å². The number of nitrogens with zero attached hydrogens (tertiary/aromatic N) is 4. The molecular formula is C32H35F3N6O3. The zero-order valence-corrected chi connectivity index (χ0v) is 24.9. The van der Waals surface area contributed by atoms with Crippen LogP contribution in [0.5, 0.6) is 17.4 Å². The minimum absolute atomic E-state index is 0.0474. The van der Waals surface area contributed by atoms with E-state index >= 15 is 0 Å². The smallest absolute Gasteiger partial charge is 0.421 e. The van der Waals surface area contributed by atoms with E-state index in [0.717, 1.165) is 53.4 Å². The molecule has 44 heavy (non-hydrogen) atoms. The number of amides is 2. The first-order valence-corrected chi connectivity index (χ1v) is 14.8. The number of urea groups is 1. The molecule has 4 aromatic rings. The van der Waals surface area contributed by atoms with Crippen molar-refractivity contribution in [1.82, 2.24) is 24.8 Å². The second-order valence-electron chi connectivity index (χ2n) is 11.6. The van der Waals surface area contributed by atoms with E-state index in [0.29, 0.717) is 37.3 Å². The number of anilines is 1. The lowest BCUT2D eigenvalue weighted by Crippen LogP contribution is -2.41. The fourth-order valence-electron chi connectivity index (χ4n) is 5.98. The van der Waals surface area contributed by atoms with E-state index in [2.05, 4.69) is 25.2 Å². The maximum absolute atomic E-state index is 14.1. The van der Waals surface area contributed by atoms with Gasteiger partial charge in [-0.05, 0) is 94.6 Å². The second-order valence-corrected chi connectivity index (χ2v) is 11.6. The van der Waals surface area contributed by atoms with E-state index < -0.39 is 23.7 Å². The molecule has 9 nitrogen and oxygen atoms in total. The van der Waals surface area contributed by atoms with Gasteiger partial charge in [0.05, 0.1) is 23.3 Å². The van der Waals surface area contributed by atoms with Crippen LogP contribution in [0, 0.1) is 6.92 Å². The minimum Gasteiger partial charge on any atom is -0.474 e. The number of aromatic nitrogens is 3. The highest BCUT2D eigenvalue weighted by Crippen LogP contribution is 2.39. The Bertz CT molecular complexity index is 1670. The summed E-state index contributed by atoms with van der Waals surface area (Å²) in [6.07, 6.45) is 0.550. The number of carbonyl (C=O) groups excluding carboxylic acids is 1. The van der Waals surface area contributed by atoms with E-state index in [1.807, 2.05) is 45.2 Å². The molecule has 1 aromatic carbocycles. The highest BCUT2D eigenvalue weighted by atomic mass is 19.4. The number of nitrogens with one attached hydrogen (secondary N) is 2. The summed E-state index contributed by atoms with van der Waals surface area (Å²) in [7, 11) is 1.98. The number of hydrogen-bond donors (Lipinski definition) is 2. The van der Waals surface area contributed by atoms with Gasteiger partial charge < -0.3 is 29.6 Å². The topological polar surface area (TPSA) is 95.6 Å². The van der Waals surface area contributed by atoms with Crippen molar-refractivity contribution in [1.29, 1.82) is 0 Å². The van der Waals surface area contributed by atoms with Crippen molar-refractivity contribution in [3.05, 3.63) is 71.2 Å². The summed E-state index contributed by atoms with van der Waals surface area (Å²) in [5.41, 5.74) is 2.64. The Morgan fingerprint density at radius 1 is 1.09 bits per heavy atom. The Labute approximate surface area is 253 Å². The highest BCUT2D eigenvalue weighted by Gasteiger charge is 2.37. The SMILES string of the molecule is Cc1cc2c(Oc3ccc4c(c3)[C@H](C)N(C(=O)Nc3cnc(OC5CCCN(C)CC5)c(C(F)(F)F)c3)CC4)ccnc2[nH]1. The van der Waals surface area contributed by atoms with Crippen molar-refractivity contribution < 1.29 is 27.4 Å². The number of hydrogen-bond acceptors (Lipinski definition) is 6. The van der Waals surface area contributed by atoms with Crippen LogP contribution >= 0.6 is 0 Å². The van der Waals surface area contributed by atoms with Crippen molar-refractivity contribution >= 4 is 22.8 Å². The number of likely N-dealkylation sites (tertiary alicyclic amines) is 1. The fraction of sp³-hybridized carbons (Fsp3) is 0.406. The van der Waals surface area contributed by atoms with Gasteiger partial charge in [-0.2, -0.15) is 13.2 Å². The van der Waals surface area contributed by atoms with Gasteiger partial charge in [-0.1, -0.05) is 6.07 Å². The lowest BCUT2D eigenvalue weighted by atomic mass is 9.93. The molecule has 1 saturated heterocycles. The van der Waals surface area contributed by atoms with Crippen LogP contribution in [0.1, 0.15) is 54.6 Å². The molecule has 232 valence electrons. The zero-order chi connectivity index (χ0) is 31.0. The molecule has 6 rings (SSSR count). The molecule has 3 aromatic heterocycles. The average Bonchev–Trinajstić information content (AvgIpc) is 3.25. The van der Waals surface area contributed by atoms with Crippen LogP contribution in [0.3, 0.4) is 0 Å². The second kappa shape index (κ2) is 12.0. The average molecular weight is 609 g/mol. The van der Waals surface area contributed by atoms with Crippen LogP contribution in [0.2, 0.25) is 0 Å². The number of fused-ring (bicyclic) bond motifs is 2. The van der Waals surface area contributed by atoms with Gasteiger partial charge in [-0.15, -0.1) is 0 Å². The van der Waals surface area contributed by atoms with Crippen molar-refractivity contribution in [3.8, 4) is 17.4 Å². The van der Waals surface area contributed by atoms with Crippen LogP contribution in [-0.4, -0.2) is 63.6 Å². The van der Waals surface area contributed by atoms with Crippen LogP contribution in [0.25, 0.3) is 11.0 Å². The Kier molecular flexibility index (Phi) is 8.10. The molecule has 2 amide bonds. The standard InChI is InChI=1S/C32H35F3N6O3/c1-19-15-26-28(8-11-36-29(26)38-19)43-24-7-6-21-9-14-41(20(2)25(21)17-24)31(42)39-22-16-27(32(33,34)35)30(37-18-22)44-23-5-4-12-40(3)13-10-23/h6-8,11,15-18,20,23H,4-5,9-10,12-14H2,1-3H3,(H,36,38)(H,39,42)/t20-,23?/m0/s1. The van der Waals surface area contributed by atoms with Gasteiger partial charge in [-0.3, -0.25) is 0 Å². The molecular weight excluding hydrogens is 573 g/mol. The van der Waals surface area contributed by atoms with Crippen molar-refractivity contribution in [2.24, 2.45) is 0 Å². The number of benzene rings is 1. The monoisotopic (exact) mass is 608 g/mol. The molecule has 0 saturated carbocycles. The summed E-state index contributed by atoms with van der Waals surface area (Å²) in [6.45, 7) is 5.86. The molecule has 0 aliphatic carbocycles. The summed E-state index contributed by atoms with van der Waals surface area (Å²) in [4.78, 5) is 28.7. The molecule has 12 heteroatoms. The Hall–Kier alpha value is -4.32. The third-order valence-electron chi connectivity index (χ3n) is 8.36. The van der Waals surface area contributed by atoms with Gasteiger partial charge in [0.1, 0.15) is 28.8 Å². The number of halogens is 3. The van der Waals surface area contributed by atoms with Crippen LogP contribution < -0.4 is 14.8 Å². The summed E-state index contributed by atoms with van der Waals surface area (Å²) in [5, 5.41) is 3.49. The van der Waals surface area contributed by atoms with Gasteiger partial charge in [0.25, 0.3) is 0 Å². The maximum atomic E-state index is 14.1. The Morgan fingerprint density at radius 3 is 2.75 bits per heavy atom. The summed E-state index contributed by atoms with van der Waals surface area (Å²) >= 11 is 0. The molecule has 2 atom stereocenters.